The minimum atomic E-state index is -1.08. The molecule has 1 aliphatic heterocycles. The third kappa shape index (κ3) is 5.70. The number of carbonyl (C=O) groups is 2. The van der Waals surface area contributed by atoms with Gasteiger partial charge in [-0.25, -0.2) is 0 Å². The summed E-state index contributed by atoms with van der Waals surface area (Å²) >= 11 is 0. The minimum Gasteiger partial charge on any atom is -0.496 e. The molecule has 1 saturated heterocycles. The van der Waals surface area contributed by atoms with E-state index in [2.05, 4.69) is 18.5 Å². The number of likely N-dealkylation sites (tertiary alicyclic amines) is 1. The van der Waals surface area contributed by atoms with E-state index >= 15 is 0 Å². The first-order valence-corrected chi connectivity index (χ1v) is 9.54. The molecule has 0 saturated carbocycles. The monoisotopic (exact) mass is 386 g/mol. The van der Waals surface area contributed by atoms with Gasteiger partial charge in [-0.15, -0.1) is 13.2 Å². The number of piperidine rings is 1. The van der Waals surface area contributed by atoms with Crippen molar-refractivity contribution >= 4 is 11.8 Å². The van der Waals surface area contributed by atoms with Gasteiger partial charge in [-0.1, -0.05) is 30.4 Å². The molecule has 1 aromatic rings. The van der Waals surface area contributed by atoms with E-state index in [0.29, 0.717) is 38.8 Å². The predicted molar refractivity (Wildman–Crippen MR) is 109 cm³/mol. The summed E-state index contributed by atoms with van der Waals surface area (Å²) in [4.78, 5) is 26.7. The number of methoxy groups -OCH3 is 1. The molecule has 1 heterocycles. The van der Waals surface area contributed by atoms with Crippen LogP contribution in [0.2, 0.25) is 0 Å². The van der Waals surface area contributed by atoms with Gasteiger partial charge in [0.1, 0.15) is 5.75 Å². The van der Waals surface area contributed by atoms with Crippen LogP contribution in [0.1, 0.15) is 31.2 Å². The lowest BCUT2D eigenvalue weighted by Gasteiger charge is -2.33. The SMILES string of the molecule is C=CCC(O)(CC=C)CNC(=O)C1CCC(=O)N(Cc2ccccc2OC)C1. The van der Waals surface area contributed by atoms with Gasteiger partial charge < -0.3 is 20.1 Å². The molecule has 0 spiro atoms. The Morgan fingerprint density at radius 1 is 1.36 bits per heavy atom. The van der Waals surface area contributed by atoms with Crippen molar-refractivity contribution in [1.82, 2.24) is 10.2 Å². The van der Waals surface area contributed by atoms with Crippen molar-refractivity contribution < 1.29 is 19.4 Å². The second-order valence-electron chi connectivity index (χ2n) is 7.25. The van der Waals surface area contributed by atoms with E-state index in [1.807, 2.05) is 24.3 Å². The number of hydrogen-bond acceptors (Lipinski definition) is 4. The Hall–Kier alpha value is -2.60. The number of nitrogens with one attached hydrogen (secondary N) is 1. The topological polar surface area (TPSA) is 78.9 Å². The lowest BCUT2D eigenvalue weighted by atomic mass is 9.93. The van der Waals surface area contributed by atoms with Gasteiger partial charge in [-0.3, -0.25) is 9.59 Å². The Balaban J connectivity index is 1.99. The van der Waals surface area contributed by atoms with Gasteiger partial charge in [0.15, 0.2) is 0 Å². The molecule has 0 aromatic heterocycles. The maximum Gasteiger partial charge on any atom is 0.225 e. The number of benzene rings is 1. The van der Waals surface area contributed by atoms with Crippen LogP contribution in [0.15, 0.2) is 49.6 Å². The van der Waals surface area contributed by atoms with Crippen LogP contribution < -0.4 is 10.1 Å². The Bertz CT molecular complexity index is 706. The van der Waals surface area contributed by atoms with Crippen LogP contribution in [0, 0.1) is 5.92 Å². The van der Waals surface area contributed by atoms with Crippen molar-refractivity contribution in [3.8, 4) is 5.75 Å². The van der Waals surface area contributed by atoms with Gasteiger partial charge in [0.25, 0.3) is 0 Å². The van der Waals surface area contributed by atoms with Crippen LogP contribution >= 0.6 is 0 Å². The molecular formula is C22H30N2O4. The second-order valence-corrected chi connectivity index (χ2v) is 7.25. The van der Waals surface area contributed by atoms with Crippen LogP contribution in [-0.4, -0.2) is 47.6 Å². The summed E-state index contributed by atoms with van der Waals surface area (Å²) < 4.78 is 5.36. The standard InChI is InChI=1S/C22H30N2O4/c1-4-12-22(27,13-5-2)16-23-21(26)18-10-11-20(25)24(15-18)14-17-8-6-7-9-19(17)28-3/h4-9,18,27H,1-2,10-16H2,3H3,(H,23,26). The summed E-state index contributed by atoms with van der Waals surface area (Å²) in [5, 5.41) is 13.4. The zero-order chi connectivity index (χ0) is 20.6. The molecule has 2 rings (SSSR count). The molecule has 6 heteroatoms. The lowest BCUT2D eigenvalue weighted by molar-refractivity contribution is -0.139. The van der Waals surface area contributed by atoms with Crippen molar-refractivity contribution in [2.75, 3.05) is 20.2 Å². The summed E-state index contributed by atoms with van der Waals surface area (Å²) in [6.07, 6.45) is 4.82. The van der Waals surface area contributed by atoms with E-state index in [1.165, 1.54) is 0 Å². The molecule has 0 bridgehead atoms. The van der Waals surface area contributed by atoms with Gasteiger partial charge in [0, 0.05) is 31.6 Å². The molecule has 2 amide bonds. The highest BCUT2D eigenvalue weighted by molar-refractivity contribution is 5.83. The van der Waals surface area contributed by atoms with Crippen LogP contribution in [0.3, 0.4) is 0 Å². The minimum absolute atomic E-state index is 0.0322. The van der Waals surface area contributed by atoms with E-state index in [0.717, 1.165) is 11.3 Å². The third-order valence-corrected chi connectivity index (χ3v) is 5.06. The predicted octanol–water partition coefficient (Wildman–Crippen LogP) is 2.43. The number of hydrogen-bond donors (Lipinski definition) is 2. The Morgan fingerprint density at radius 2 is 2.04 bits per heavy atom. The Kier molecular flexibility index (Phi) is 7.81. The summed E-state index contributed by atoms with van der Waals surface area (Å²) in [6.45, 7) is 8.19. The fourth-order valence-corrected chi connectivity index (χ4v) is 3.48. The van der Waals surface area contributed by atoms with Gasteiger partial charge in [0.2, 0.25) is 11.8 Å². The van der Waals surface area contributed by atoms with Crippen LogP contribution in [-0.2, 0) is 16.1 Å². The van der Waals surface area contributed by atoms with Gasteiger partial charge >= 0.3 is 0 Å². The van der Waals surface area contributed by atoms with E-state index < -0.39 is 5.60 Å². The average Bonchev–Trinajstić information content (AvgIpc) is 2.68. The lowest BCUT2D eigenvalue weighted by Crippen LogP contribution is -2.49. The second kappa shape index (κ2) is 10.1. The van der Waals surface area contributed by atoms with Crippen molar-refractivity contribution in [2.45, 2.75) is 37.8 Å². The number of amides is 2. The van der Waals surface area contributed by atoms with Crippen molar-refractivity contribution in [3.05, 3.63) is 55.1 Å². The van der Waals surface area contributed by atoms with Crippen molar-refractivity contribution in [2.24, 2.45) is 5.92 Å². The largest absolute Gasteiger partial charge is 0.496 e. The highest BCUT2D eigenvalue weighted by Gasteiger charge is 2.32. The summed E-state index contributed by atoms with van der Waals surface area (Å²) in [6, 6.07) is 7.55. The highest BCUT2D eigenvalue weighted by Crippen LogP contribution is 2.24. The first-order chi connectivity index (χ1) is 13.4. The van der Waals surface area contributed by atoms with E-state index in [1.54, 1.807) is 24.2 Å². The van der Waals surface area contributed by atoms with Gasteiger partial charge in [-0.05, 0) is 25.3 Å². The average molecular weight is 386 g/mol. The summed E-state index contributed by atoms with van der Waals surface area (Å²) in [7, 11) is 1.60. The van der Waals surface area contributed by atoms with Crippen molar-refractivity contribution in [1.29, 1.82) is 0 Å². The van der Waals surface area contributed by atoms with E-state index in [9.17, 15) is 14.7 Å². The Morgan fingerprint density at radius 3 is 2.68 bits per heavy atom. The smallest absolute Gasteiger partial charge is 0.225 e. The van der Waals surface area contributed by atoms with Crippen molar-refractivity contribution in [3.63, 3.8) is 0 Å². The number of aliphatic hydroxyl groups is 1. The van der Waals surface area contributed by atoms with Gasteiger partial charge in [-0.2, -0.15) is 0 Å². The fraction of sp³-hybridized carbons (Fsp3) is 0.455. The maximum absolute atomic E-state index is 12.6. The molecule has 1 aromatic carbocycles. The zero-order valence-electron chi connectivity index (χ0n) is 16.5. The summed E-state index contributed by atoms with van der Waals surface area (Å²) in [5.74, 6) is 0.304. The molecule has 1 unspecified atom stereocenters. The fourth-order valence-electron chi connectivity index (χ4n) is 3.48. The molecule has 1 aliphatic rings. The quantitative estimate of drug-likeness (QED) is 0.606. The van der Waals surface area contributed by atoms with Crippen LogP contribution in [0.5, 0.6) is 5.75 Å². The van der Waals surface area contributed by atoms with Crippen LogP contribution in [0.4, 0.5) is 0 Å². The molecular weight excluding hydrogens is 356 g/mol. The number of nitrogens with zero attached hydrogens (tertiary/aromatic N) is 1. The Labute approximate surface area is 166 Å². The molecule has 0 radical (unpaired) electrons. The molecule has 1 fully saturated rings. The van der Waals surface area contributed by atoms with E-state index in [4.69, 9.17) is 4.74 Å². The number of carbonyl (C=O) groups excluding carboxylic acids is 2. The molecule has 152 valence electrons. The number of ether oxygens (including phenoxy) is 1. The number of rotatable bonds is 10. The normalized spacial score (nSPS) is 17.1. The molecule has 2 N–H and O–H groups in total. The van der Waals surface area contributed by atoms with Crippen LogP contribution in [0.25, 0.3) is 0 Å². The maximum atomic E-state index is 12.6. The highest BCUT2D eigenvalue weighted by atomic mass is 16.5. The number of para-hydroxylation sites is 1. The third-order valence-electron chi connectivity index (χ3n) is 5.06. The first-order valence-electron chi connectivity index (χ1n) is 9.54. The van der Waals surface area contributed by atoms with E-state index in [-0.39, 0.29) is 24.3 Å². The zero-order valence-corrected chi connectivity index (χ0v) is 16.5. The molecule has 28 heavy (non-hydrogen) atoms. The molecule has 0 aliphatic carbocycles. The molecule has 6 nitrogen and oxygen atoms in total. The van der Waals surface area contributed by atoms with Gasteiger partial charge in [0.05, 0.1) is 18.6 Å². The molecule has 1 atom stereocenters. The summed E-state index contributed by atoms with van der Waals surface area (Å²) in [5.41, 5.74) is -0.174. The first kappa shape index (κ1) is 21.7.